The SMILES string of the molecule is C/C=S1\CCc2c(Nc3cc(C4CCC(O)CC4)nn3C(C)(C)C)cccc21. The molecule has 2 N–H and O–H groups in total. The molecule has 1 aromatic heterocycles. The molecule has 0 radical (unpaired) electrons. The predicted molar refractivity (Wildman–Crippen MR) is 120 cm³/mol. The van der Waals surface area contributed by atoms with E-state index in [0.717, 1.165) is 37.9 Å². The topological polar surface area (TPSA) is 50.1 Å². The van der Waals surface area contributed by atoms with Crippen LogP contribution in [0.5, 0.6) is 0 Å². The van der Waals surface area contributed by atoms with Crippen molar-refractivity contribution >= 4 is 27.4 Å². The highest BCUT2D eigenvalue weighted by Gasteiger charge is 2.27. The lowest BCUT2D eigenvalue weighted by Crippen LogP contribution is -2.25. The van der Waals surface area contributed by atoms with Crippen molar-refractivity contribution < 1.29 is 5.11 Å². The molecule has 4 nitrogen and oxygen atoms in total. The summed E-state index contributed by atoms with van der Waals surface area (Å²) in [5, 5.41) is 21.0. The van der Waals surface area contributed by atoms with Crippen LogP contribution in [0.2, 0.25) is 0 Å². The van der Waals surface area contributed by atoms with Crippen LogP contribution < -0.4 is 5.32 Å². The van der Waals surface area contributed by atoms with Crippen LogP contribution in [-0.2, 0) is 12.0 Å². The van der Waals surface area contributed by atoms with Gasteiger partial charge in [0.25, 0.3) is 0 Å². The van der Waals surface area contributed by atoms with E-state index in [1.54, 1.807) is 0 Å². The van der Waals surface area contributed by atoms with Crippen LogP contribution in [0.15, 0.2) is 29.2 Å². The van der Waals surface area contributed by atoms with Crippen LogP contribution in [0.4, 0.5) is 11.5 Å². The second kappa shape index (κ2) is 7.68. The van der Waals surface area contributed by atoms with Crippen molar-refractivity contribution in [3.63, 3.8) is 0 Å². The van der Waals surface area contributed by atoms with Gasteiger partial charge in [0, 0.05) is 22.6 Å². The summed E-state index contributed by atoms with van der Waals surface area (Å²) in [6.07, 6.45) is 4.84. The number of rotatable bonds is 3. The Morgan fingerprint density at radius 3 is 2.64 bits per heavy atom. The number of benzene rings is 1. The normalized spacial score (nSPS) is 25.1. The summed E-state index contributed by atoms with van der Waals surface area (Å²) in [6, 6.07) is 8.92. The first-order valence-corrected chi connectivity index (χ1v) is 12.0. The van der Waals surface area contributed by atoms with Crippen molar-refractivity contribution in [1.82, 2.24) is 9.78 Å². The largest absolute Gasteiger partial charge is 0.393 e. The Morgan fingerprint density at radius 1 is 1.21 bits per heavy atom. The van der Waals surface area contributed by atoms with Gasteiger partial charge >= 0.3 is 0 Å². The van der Waals surface area contributed by atoms with E-state index in [1.165, 1.54) is 27.6 Å². The van der Waals surface area contributed by atoms with Gasteiger partial charge in [-0.05, 0) is 83.2 Å². The molecule has 0 saturated heterocycles. The molecule has 0 spiro atoms. The van der Waals surface area contributed by atoms with Gasteiger partial charge in [-0.3, -0.25) is 0 Å². The van der Waals surface area contributed by atoms with Crippen LogP contribution in [0.25, 0.3) is 0 Å². The first-order valence-electron chi connectivity index (χ1n) is 10.5. The molecule has 2 heterocycles. The quantitative estimate of drug-likeness (QED) is 0.679. The standard InChI is InChI=1S/C23H33N3OS/c1-5-28-14-13-18-19(7-6-8-21(18)28)24-22-15-20(25-26(22)23(2,3)4)16-9-11-17(27)12-10-16/h5-8,15-17,24,27H,9-14H2,1-4H3. The van der Waals surface area contributed by atoms with Crippen molar-refractivity contribution in [1.29, 1.82) is 0 Å². The molecule has 28 heavy (non-hydrogen) atoms. The number of aromatic nitrogens is 2. The fraction of sp³-hybridized carbons (Fsp3) is 0.565. The Kier molecular flexibility index (Phi) is 5.41. The van der Waals surface area contributed by atoms with E-state index in [1.807, 2.05) is 0 Å². The Bertz CT molecular complexity index is 886. The van der Waals surface area contributed by atoms with E-state index in [4.69, 9.17) is 5.10 Å². The Labute approximate surface area is 171 Å². The molecule has 5 heteroatoms. The van der Waals surface area contributed by atoms with Crippen molar-refractivity contribution in [3.05, 3.63) is 35.5 Å². The van der Waals surface area contributed by atoms with Gasteiger partial charge in [0.1, 0.15) is 5.82 Å². The van der Waals surface area contributed by atoms with Crippen LogP contribution >= 0.6 is 10.5 Å². The molecule has 4 rings (SSSR count). The summed E-state index contributed by atoms with van der Waals surface area (Å²) in [5.41, 5.74) is 3.77. The zero-order chi connectivity index (χ0) is 19.9. The first-order chi connectivity index (χ1) is 13.4. The minimum atomic E-state index is -0.130. The summed E-state index contributed by atoms with van der Waals surface area (Å²) in [5.74, 6) is 2.77. The maximum absolute atomic E-state index is 9.85. The van der Waals surface area contributed by atoms with Crippen LogP contribution in [0.3, 0.4) is 0 Å². The average Bonchev–Trinajstić information content (AvgIpc) is 3.27. The second-order valence-electron chi connectivity index (χ2n) is 9.07. The lowest BCUT2D eigenvalue weighted by molar-refractivity contribution is 0.121. The minimum absolute atomic E-state index is 0.0891. The molecule has 1 aliphatic heterocycles. The van der Waals surface area contributed by atoms with E-state index >= 15 is 0 Å². The van der Waals surface area contributed by atoms with Gasteiger partial charge in [0.15, 0.2) is 0 Å². The first kappa shape index (κ1) is 19.7. The van der Waals surface area contributed by atoms with Gasteiger partial charge in [-0.15, -0.1) is 0 Å². The summed E-state index contributed by atoms with van der Waals surface area (Å²) in [4.78, 5) is 1.50. The predicted octanol–water partition coefficient (Wildman–Crippen LogP) is 5.41. The van der Waals surface area contributed by atoms with E-state index in [9.17, 15) is 5.11 Å². The van der Waals surface area contributed by atoms with Gasteiger partial charge in [-0.25, -0.2) is 4.68 Å². The molecular formula is C23H33N3OS. The number of nitrogens with one attached hydrogen (secondary N) is 1. The van der Waals surface area contributed by atoms with Gasteiger partial charge in [-0.2, -0.15) is 15.6 Å². The van der Waals surface area contributed by atoms with E-state index in [2.05, 4.69) is 67.3 Å². The average molecular weight is 400 g/mol. The van der Waals surface area contributed by atoms with Crippen LogP contribution in [0.1, 0.15) is 70.6 Å². The Hall–Kier alpha value is -1.59. The Balaban J connectivity index is 1.67. The highest BCUT2D eigenvalue weighted by atomic mass is 32.2. The third-order valence-corrected chi connectivity index (χ3v) is 8.17. The van der Waals surface area contributed by atoms with Crippen molar-refractivity contribution in [2.75, 3.05) is 11.1 Å². The number of hydrogen-bond acceptors (Lipinski definition) is 3. The van der Waals surface area contributed by atoms with Crippen molar-refractivity contribution in [2.24, 2.45) is 0 Å². The molecule has 0 bridgehead atoms. The molecule has 152 valence electrons. The van der Waals surface area contributed by atoms with Crippen LogP contribution in [-0.4, -0.2) is 32.1 Å². The Morgan fingerprint density at radius 2 is 1.96 bits per heavy atom. The van der Waals surface area contributed by atoms with E-state index in [-0.39, 0.29) is 22.1 Å². The number of nitrogens with zero attached hydrogens (tertiary/aromatic N) is 2. The third-order valence-electron chi connectivity index (χ3n) is 6.01. The summed E-state index contributed by atoms with van der Waals surface area (Å²) < 4.78 is 2.15. The van der Waals surface area contributed by atoms with E-state index < -0.39 is 0 Å². The molecule has 0 amide bonds. The number of anilines is 2. The third kappa shape index (κ3) is 3.79. The summed E-state index contributed by atoms with van der Waals surface area (Å²) in [7, 11) is 0.287. The monoisotopic (exact) mass is 399 g/mol. The van der Waals surface area contributed by atoms with Gasteiger partial charge in [0.05, 0.1) is 17.3 Å². The highest BCUT2D eigenvalue weighted by molar-refractivity contribution is 8.15. The summed E-state index contributed by atoms with van der Waals surface area (Å²) in [6.45, 7) is 8.80. The zero-order valence-corrected chi connectivity index (χ0v) is 18.4. The zero-order valence-electron chi connectivity index (χ0n) is 17.5. The van der Waals surface area contributed by atoms with Crippen molar-refractivity contribution in [2.45, 2.75) is 82.3 Å². The van der Waals surface area contributed by atoms with E-state index in [0.29, 0.717) is 5.92 Å². The molecule has 1 unspecified atom stereocenters. The van der Waals surface area contributed by atoms with Gasteiger partial charge < -0.3 is 10.4 Å². The molecular weight excluding hydrogens is 366 g/mol. The molecule has 2 aromatic rings. The molecule has 1 aromatic carbocycles. The molecule has 1 aliphatic carbocycles. The highest BCUT2D eigenvalue weighted by Crippen LogP contribution is 2.42. The van der Waals surface area contributed by atoms with Crippen molar-refractivity contribution in [3.8, 4) is 0 Å². The fourth-order valence-corrected chi connectivity index (χ4v) is 6.38. The fourth-order valence-electron chi connectivity index (χ4n) is 4.46. The number of aliphatic hydroxyl groups is 1. The maximum atomic E-state index is 9.85. The molecule has 1 atom stereocenters. The maximum Gasteiger partial charge on any atom is 0.129 e. The lowest BCUT2D eigenvalue weighted by atomic mass is 9.85. The molecule has 1 fully saturated rings. The van der Waals surface area contributed by atoms with Crippen LogP contribution in [0, 0.1) is 0 Å². The number of hydrogen-bond donors (Lipinski definition) is 2. The van der Waals surface area contributed by atoms with Gasteiger partial charge in [0.2, 0.25) is 0 Å². The lowest BCUT2D eigenvalue weighted by Gasteiger charge is -2.25. The number of fused-ring (bicyclic) bond motifs is 1. The van der Waals surface area contributed by atoms with Gasteiger partial charge in [-0.1, -0.05) is 11.4 Å². The smallest absolute Gasteiger partial charge is 0.129 e. The molecule has 2 aliphatic rings. The second-order valence-corrected chi connectivity index (χ2v) is 11.2. The molecule has 1 saturated carbocycles. The summed E-state index contributed by atoms with van der Waals surface area (Å²) >= 11 is 0. The number of aliphatic hydroxyl groups excluding tert-OH is 1. The minimum Gasteiger partial charge on any atom is -0.393 e.